The zero-order valence-electron chi connectivity index (χ0n) is 10.6. The second-order valence-corrected chi connectivity index (χ2v) is 5.03. The van der Waals surface area contributed by atoms with E-state index >= 15 is 0 Å². The fraction of sp³-hybridized carbons (Fsp3) is 0.455. The summed E-state index contributed by atoms with van der Waals surface area (Å²) in [5, 5.41) is 23.3. The van der Waals surface area contributed by atoms with Gasteiger partial charge in [-0.25, -0.2) is 0 Å². The molecule has 2 rings (SSSR count). The summed E-state index contributed by atoms with van der Waals surface area (Å²) in [6.07, 6.45) is 1.04. The van der Waals surface area contributed by atoms with E-state index in [0.29, 0.717) is 10.8 Å². The van der Waals surface area contributed by atoms with E-state index in [1.807, 2.05) is 6.92 Å². The first-order valence-electron chi connectivity index (χ1n) is 5.93. The van der Waals surface area contributed by atoms with Crippen LogP contribution in [0.2, 0.25) is 0 Å². The van der Waals surface area contributed by atoms with Crippen molar-refractivity contribution in [2.75, 3.05) is 6.54 Å². The van der Waals surface area contributed by atoms with Gasteiger partial charge in [0.15, 0.2) is 10.8 Å². The number of aromatic nitrogens is 2. The third-order valence-electron chi connectivity index (χ3n) is 2.49. The standard InChI is InChI=1S/C11H14N4O3S/c1-3-6-12-7(2)10-13-14-11(19-10)8-4-5-9(18-8)15(16)17/h4-5,7,12H,3,6H2,1-2H3. The zero-order chi connectivity index (χ0) is 13.8. The fourth-order valence-electron chi connectivity index (χ4n) is 1.50. The molecule has 0 saturated carbocycles. The van der Waals surface area contributed by atoms with Gasteiger partial charge in [0.2, 0.25) is 0 Å². The van der Waals surface area contributed by atoms with E-state index in [1.54, 1.807) is 0 Å². The average molecular weight is 282 g/mol. The monoisotopic (exact) mass is 282 g/mol. The van der Waals surface area contributed by atoms with Crippen molar-refractivity contribution in [2.45, 2.75) is 26.3 Å². The maximum absolute atomic E-state index is 10.5. The minimum Gasteiger partial charge on any atom is -0.398 e. The molecule has 7 nitrogen and oxygen atoms in total. The van der Waals surface area contributed by atoms with Crippen LogP contribution in [0.5, 0.6) is 0 Å². The molecular weight excluding hydrogens is 268 g/mol. The van der Waals surface area contributed by atoms with Crippen LogP contribution in [0.4, 0.5) is 5.88 Å². The third-order valence-corrected chi connectivity index (χ3v) is 3.61. The molecule has 0 fully saturated rings. The molecule has 0 radical (unpaired) electrons. The third kappa shape index (κ3) is 3.15. The minimum absolute atomic E-state index is 0.108. The Kier molecular flexibility index (Phi) is 4.23. The minimum atomic E-state index is -0.573. The van der Waals surface area contributed by atoms with Crippen molar-refractivity contribution in [1.82, 2.24) is 15.5 Å². The molecule has 0 aliphatic rings. The van der Waals surface area contributed by atoms with Crippen LogP contribution in [-0.2, 0) is 0 Å². The Labute approximate surface area is 113 Å². The van der Waals surface area contributed by atoms with E-state index in [1.165, 1.54) is 23.5 Å². The van der Waals surface area contributed by atoms with Crippen LogP contribution >= 0.6 is 11.3 Å². The van der Waals surface area contributed by atoms with Gasteiger partial charge in [-0.05, 0) is 26.0 Å². The lowest BCUT2D eigenvalue weighted by Crippen LogP contribution is -2.18. The normalized spacial score (nSPS) is 12.5. The van der Waals surface area contributed by atoms with Crippen LogP contribution < -0.4 is 5.32 Å². The lowest BCUT2D eigenvalue weighted by Gasteiger charge is -2.07. The molecular formula is C11H14N4O3S. The van der Waals surface area contributed by atoms with Crippen LogP contribution in [0.25, 0.3) is 10.8 Å². The summed E-state index contributed by atoms with van der Waals surface area (Å²) in [6.45, 7) is 5.00. The van der Waals surface area contributed by atoms with Gasteiger partial charge >= 0.3 is 5.88 Å². The summed E-state index contributed by atoms with van der Waals surface area (Å²) in [5.74, 6) is 0.0852. The molecule has 0 spiro atoms. The van der Waals surface area contributed by atoms with Crippen LogP contribution in [0.3, 0.4) is 0 Å². The van der Waals surface area contributed by atoms with Gasteiger partial charge in [0.05, 0.1) is 12.1 Å². The molecule has 0 amide bonds. The zero-order valence-corrected chi connectivity index (χ0v) is 11.4. The molecule has 2 aromatic rings. The number of hydrogen-bond donors (Lipinski definition) is 1. The number of nitrogens with zero attached hydrogens (tertiary/aromatic N) is 3. The summed E-state index contributed by atoms with van der Waals surface area (Å²) in [4.78, 5) is 9.97. The largest absolute Gasteiger partial charge is 0.433 e. The first kappa shape index (κ1) is 13.6. The number of furan rings is 1. The van der Waals surface area contributed by atoms with Gasteiger partial charge in [-0.1, -0.05) is 18.3 Å². The van der Waals surface area contributed by atoms with E-state index < -0.39 is 4.92 Å². The Morgan fingerprint density at radius 3 is 2.95 bits per heavy atom. The Morgan fingerprint density at radius 2 is 2.32 bits per heavy atom. The highest BCUT2D eigenvalue weighted by atomic mass is 32.1. The lowest BCUT2D eigenvalue weighted by molar-refractivity contribution is -0.401. The Hall–Kier alpha value is -1.80. The van der Waals surface area contributed by atoms with Gasteiger partial charge in [0.1, 0.15) is 9.93 Å². The van der Waals surface area contributed by atoms with Crippen molar-refractivity contribution >= 4 is 17.2 Å². The quantitative estimate of drug-likeness (QED) is 0.646. The van der Waals surface area contributed by atoms with Crippen molar-refractivity contribution < 1.29 is 9.34 Å². The molecule has 0 saturated heterocycles. The van der Waals surface area contributed by atoms with E-state index in [0.717, 1.165) is 18.0 Å². The fourth-order valence-corrected chi connectivity index (χ4v) is 2.33. The van der Waals surface area contributed by atoms with Crippen LogP contribution in [-0.4, -0.2) is 21.7 Å². The Balaban J connectivity index is 2.13. The first-order chi connectivity index (χ1) is 9.11. The van der Waals surface area contributed by atoms with Gasteiger partial charge in [0, 0.05) is 0 Å². The van der Waals surface area contributed by atoms with E-state index in [2.05, 4.69) is 22.4 Å². The van der Waals surface area contributed by atoms with Crippen molar-refractivity contribution in [3.8, 4) is 10.8 Å². The van der Waals surface area contributed by atoms with E-state index in [9.17, 15) is 10.1 Å². The average Bonchev–Trinajstić information content (AvgIpc) is 3.03. The Morgan fingerprint density at radius 1 is 1.53 bits per heavy atom. The molecule has 1 unspecified atom stereocenters. The number of rotatable bonds is 6. The summed E-state index contributed by atoms with van der Waals surface area (Å²) in [5.41, 5.74) is 0. The van der Waals surface area contributed by atoms with Gasteiger partial charge in [-0.2, -0.15) is 0 Å². The summed E-state index contributed by atoms with van der Waals surface area (Å²) in [6, 6.07) is 2.96. The van der Waals surface area contributed by atoms with Crippen molar-refractivity contribution in [2.24, 2.45) is 0 Å². The lowest BCUT2D eigenvalue weighted by atomic mass is 10.3. The second-order valence-electron chi connectivity index (χ2n) is 4.02. The number of nitro groups is 1. The van der Waals surface area contributed by atoms with E-state index in [-0.39, 0.29) is 11.9 Å². The predicted molar refractivity (Wildman–Crippen MR) is 71.0 cm³/mol. The molecule has 0 aromatic carbocycles. The molecule has 0 bridgehead atoms. The molecule has 1 atom stereocenters. The molecule has 0 aliphatic heterocycles. The van der Waals surface area contributed by atoms with Gasteiger partial charge in [-0.3, -0.25) is 10.1 Å². The number of hydrogen-bond acceptors (Lipinski definition) is 7. The molecule has 2 aromatic heterocycles. The van der Waals surface area contributed by atoms with Gasteiger partial charge < -0.3 is 9.73 Å². The van der Waals surface area contributed by atoms with Crippen LogP contribution in [0.1, 0.15) is 31.3 Å². The van der Waals surface area contributed by atoms with Gasteiger partial charge in [0.25, 0.3) is 0 Å². The molecule has 102 valence electrons. The maximum Gasteiger partial charge on any atom is 0.433 e. The molecule has 2 heterocycles. The molecule has 8 heteroatoms. The van der Waals surface area contributed by atoms with Gasteiger partial charge in [-0.15, -0.1) is 10.2 Å². The predicted octanol–water partition coefficient (Wildman–Crippen LogP) is 2.77. The summed E-state index contributed by atoms with van der Waals surface area (Å²) < 4.78 is 5.09. The SMILES string of the molecule is CCCNC(C)c1nnc(-c2ccc([N+](=O)[O-])o2)s1. The number of nitrogens with one attached hydrogen (secondary N) is 1. The highest BCUT2D eigenvalue weighted by Gasteiger charge is 2.18. The van der Waals surface area contributed by atoms with Crippen LogP contribution in [0, 0.1) is 10.1 Å². The smallest absolute Gasteiger partial charge is 0.398 e. The highest BCUT2D eigenvalue weighted by molar-refractivity contribution is 7.14. The summed E-state index contributed by atoms with van der Waals surface area (Å²) >= 11 is 1.37. The Bertz CT molecular complexity index is 566. The first-order valence-corrected chi connectivity index (χ1v) is 6.75. The van der Waals surface area contributed by atoms with E-state index in [4.69, 9.17) is 4.42 Å². The van der Waals surface area contributed by atoms with Crippen LogP contribution in [0.15, 0.2) is 16.5 Å². The van der Waals surface area contributed by atoms with Crippen molar-refractivity contribution in [3.63, 3.8) is 0 Å². The van der Waals surface area contributed by atoms with Crippen molar-refractivity contribution in [1.29, 1.82) is 0 Å². The highest BCUT2D eigenvalue weighted by Crippen LogP contribution is 2.30. The molecule has 0 aliphatic carbocycles. The molecule has 1 N–H and O–H groups in total. The molecule has 19 heavy (non-hydrogen) atoms. The second kappa shape index (κ2) is 5.89. The summed E-state index contributed by atoms with van der Waals surface area (Å²) in [7, 11) is 0. The topological polar surface area (TPSA) is 94.1 Å². The van der Waals surface area contributed by atoms with Crippen molar-refractivity contribution in [3.05, 3.63) is 27.3 Å². The maximum atomic E-state index is 10.5.